The molecule has 1 aromatic carbocycles. The molecule has 0 bridgehead atoms. The molecule has 2 heterocycles. The highest BCUT2D eigenvalue weighted by Gasteiger charge is 2.24. The Morgan fingerprint density at radius 1 is 1.40 bits per heavy atom. The van der Waals surface area contributed by atoms with Gasteiger partial charge in [0.25, 0.3) is 0 Å². The average Bonchev–Trinajstić information content (AvgIpc) is 2.88. The van der Waals surface area contributed by atoms with E-state index in [1.54, 1.807) is 11.8 Å². The number of rotatable bonds is 2. The van der Waals surface area contributed by atoms with Crippen LogP contribution in [0.3, 0.4) is 0 Å². The minimum absolute atomic E-state index is 0.265. The fourth-order valence-corrected chi connectivity index (χ4v) is 3.76. The van der Waals surface area contributed by atoms with Crippen molar-refractivity contribution >= 4 is 28.4 Å². The lowest BCUT2D eigenvalue weighted by Crippen LogP contribution is -2.43. The Bertz CT molecular complexity index is 541. The van der Waals surface area contributed by atoms with Crippen LogP contribution in [0.4, 0.5) is 5.69 Å². The molecule has 20 heavy (non-hydrogen) atoms. The van der Waals surface area contributed by atoms with Crippen LogP contribution in [0.5, 0.6) is 0 Å². The summed E-state index contributed by atoms with van der Waals surface area (Å²) >= 11 is 1.60. The van der Waals surface area contributed by atoms with Crippen molar-refractivity contribution in [3.8, 4) is 0 Å². The molecule has 1 atom stereocenters. The maximum atomic E-state index is 12.3. The molecular weight excluding hydrogens is 268 g/mol. The molecule has 2 aliphatic rings. The van der Waals surface area contributed by atoms with Gasteiger partial charge in [-0.25, -0.2) is 4.99 Å². The molecular formula is C16H20N2OS. The number of amides is 1. The van der Waals surface area contributed by atoms with E-state index >= 15 is 0 Å². The molecule has 0 saturated carbocycles. The number of hydrogen-bond acceptors (Lipinski definition) is 3. The highest BCUT2D eigenvalue weighted by molar-refractivity contribution is 8.14. The zero-order valence-corrected chi connectivity index (χ0v) is 12.7. The third kappa shape index (κ3) is 2.90. The summed E-state index contributed by atoms with van der Waals surface area (Å²) in [5.74, 6) is 0.790. The largest absolute Gasteiger partial charge is 0.339 e. The molecule has 0 aromatic heterocycles. The molecule has 1 aromatic rings. The lowest BCUT2D eigenvalue weighted by Gasteiger charge is -2.33. The Morgan fingerprint density at radius 2 is 2.25 bits per heavy atom. The van der Waals surface area contributed by atoms with E-state index in [9.17, 15) is 4.79 Å². The van der Waals surface area contributed by atoms with Crippen molar-refractivity contribution in [2.75, 3.05) is 12.3 Å². The number of carbonyl (C=O) groups excluding carboxylic acids is 1. The normalized spacial score (nSPS) is 21.6. The van der Waals surface area contributed by atoms with Gasteiger partial charge in [-0.15, -0.1) is 11.8 Å². The highest BCUT2D eigenvalue weighted by atomic mass is 32.2. The van der Waals surface area contributed by atoms with Gasteiger partial charge in [0.1, 0.15) is 0 Å². The maximum absolute atomic E-state index is 12.3. The van der Waals surface area contributed by atoms with E-state index in [4.69, 9.17) is 0 Å². The fourth-order valence-electron chi connectivity index (χ4n) is 2.89. The van der Waals surface area contributed by atoms with E-state index in [2.05, 4.69) is 18.0 Å². The summed E-state index contributed by atoms with van der Waals surface area (Å²) in [6.45, 7) is 3.08. The van der Waals surface area contributed by atoms with Crippen LogP contribution in [0.25, 0.3) is 0 Å². The van der Waals surface area contributed by atoms with Crippen LogP contribution >= 0.6 is 11.8 Å². The van der Waals surface area contributed by atoms with Crippen molar-refractivity contribution in [3.05, 3.63) is 29.8 Å². The number of likely N-dealkylation sites (tertiary alicyclic amines) is 1. The molecule has 1 fully saturated rings. The van der Waals surface area contributed by atoms with Crippen LogP contribution in [-0.2, 0) is 11.2 Å². The van der Waals surface area contributed by atoms with Crippen molar-refractivity contribution in [1.29, 1.82) is 0 Å². The molecule has 2 aliphatic heterocycles. The molecule has 0 aliphatic carbocycles. The van der Waals surface area contributed by atoms with Crippen LogP contribution in [0.2, 0.25) is 0 Å². The first-order valence-electron chi connectivity index (χ1n) is 7.32. The summed E-state index contributed by atoms with van der Waals surface area (Å²) in [4.78, 5) is 18.9. The smallest absolute Gasteiger partial charge is 0.233 e. The summed E-state index contributed by atoms with van der Waals surface area (Å²) in [5, 5.41) is 1.07. The Balaban J connectivity index is 1.54. The van der Waals surface area contributed by atoms with Gasteiger partial charge in [0.05, 0.1) is 16.5 Å². The number of aliphatic imine (C=N–C) groups is 1. The third-order valence-electron chi connectivity index (χ3n) is 4.06. The Hall–Kier alpha value is -1.29. The third-order valence-corrected chi connectivity index (χ3v) is 5.02. The molecule has 0 spiro atoms. The number of fused-ring (bicyclic) bond motifs is 1. The first kappa shape index (κ1) is 13.7. The predicted octanol–water partition coefficient (Wildman–Crippen LogP) is 3.41. The standard InChI is InChI=1S/C16H20N2OS/c1-12-6-4-5-9-18(12)16(19)11-20-15-10-13-7-2-3-8-14(13)17-15/h2-3,7-8,12H,4-6,9-11H2,1H3. The van der Waals surface area contributed by atoms with Gasteiger partial charge in [0.15, 0.2) is 0 Å². The summed E-state index contributed by atoms with van der Waals surface area (Å²) in [6.07, 6.45) is 4.42. The van der Waals surface area contributed by atoms with E-state index in [-0.39, 0.29) is 5.91 Å². The van der Waals surface area contributed by atoms with Crippen molar-refractivity contribution in [2.45, 2.75) is 38.6 Å². The van der Waals surface area contributed by atoms with Gasteiger partial charge in [-0.05, 0) is 37.8 Å². The van der Waals surface area contributed by atoms with Gasteiger partial charge in [0.2, 0.25) is 5.91 Å². The zero-order valence-electron chi connectivity index (χ0n) is 11.8. The number of thioether (sulfide) groups is 1. The number of hydrogen-bond donors (Lipinski definition) is 0. The number of piperidine rings is 1. The first-order valence-corrected chi connectivity index (χ1v) is 8.30. The van der Waals surface area contributed by atoms with Gasteiger partial charge in [-0.3, -0.25) is 4.79 Å². The minimum Gasteiger partial charge on any atom is -0.339 e. The monoisotopic (exact) mass is 288 g/mol. The summed E-state index contributed by atoms with van der Waals surface area (Å²) < 4.78 is 0. The van der Waals surface area contributed by atoms with Gasteiger partial charge in [-0.2, -0.15) is 0 Å². The lowest BCUT2D eigenvalue weighted by atomic mass is 10.0. The highest BCUT2D eigenvalue weighted by Crippen LogP contribution is 2.30. The number of benzene rings is 1. The quantitative estimate of drug-likeness (QED) is 0.835. The summed E-state index contributed by atoms with van der Waals surface area (Å²) in [6, 6.07) is 8.61. The molecule has 4 heteroatoms. The van der Waals surface area contributed by atoms with E-state index in [0.717, 1.165) is 36.5 Å². The van der Waals surface area contributed by atoms with E-state index < -0.39 is 0 Å². The molecule has 1 saturated heterocycles. The van der Waals surface area contributed by atoms with Crippen molar-refractivity contribution in [2.24, 2.45) is 4.99 Å². The van der Waals surface area contributed by atoms with Crippen molar-refractivity contribution < 1.29 is 4.79 Å². The molecule has 0 N–H and O–H groups in total. The summed E-state index contributed by atoms with van der Waals surface area (Å²) in [5.41, 5.74) is 2.34. The Labute approximate surface area is 124 Å². The molecule has 3 nitrogen and oxygen atoms in total. The second kappa shape index (κ2) is 6.00. The Kier molecular flexibility index (Phi) is 4.10. The van der Waals surface area contributed by atoms with Crippen LogP contribution in [0, 0.1) is 0 Å². The van der Waals surface area contributed by atoms with E-state index in [1.807, 2.05) is 23.1 Å². The van der Waals surface area contributed by atoms with Crippen LogP contribution in [-0.4, -0.2) is 34.2 Å². The number of para-hydroxylation sites is 1. The second-order valence-electron chi connectivity index (χ2n) is 5.53. The van der Waals surface area contributed by atoms with Crippen LogP contribution < -0.4 is 0 Å². The number of nitrogens with zero attached hydrogens (tertiary/aromatic N) is 2. The second-order valence-corrected chi connectivity index (χ2v) is 6.58. The predicted molar refractivity (Wildman–Crippen MR) is 84.7 cm³/mol. The van der Waals surface area contributed by atoms with Crippen molar-refractivity contribution in [3.63, 3.8) is 0 Å². The average molecular weight is 288 g/mol. The minimum atomic E-state index is 0.265. The SMILES string of the molecule is CC1CCCCN1C(=O)CSC1=Nc2ccccc2C1. The molecule has 1 unspecified atom stereocenters. The van der Waals surface area contributed by atoms with Crippen LogP contribution in [0.15, 0.2) is 29.3 Å². The van der Waals surface area contributed by atoms with E-state index in [1.165, 1.54) is 12.0 Å². The van der Waals surface area contributed by atoms with Gasteiger partial charge < -0.3 is 4.90 Å². The first-order chi connectivity index (χ1) is 9.74. The van der Waals surface area contributed by atoms with E-state index in [0.29, 0.717) is 11.8 Å². The Morgan fingerprint density at radius 3 is 3.05 bits per heavy atom. The topological polar surface area (TPSA) is 32.7 Å². The molecule has 1 amide bonds. The summed E-state index contributed by atoms with van der Waals surface area (Å²) in [7, 11) is 0. The molecule has 106 valence electrons. The van der Waals surface area contributed by atoms with Crippen molar-refractivity contribution in [1.82, 2.24) is 4.90 Å². The van der Waals surface area contributed by atoms with Gasteiger partial charge in [-0.1, -0.05) is 18.2 Å². The number of carbonyl (C=O) groups is 1. The molecule has 3 rings (SSSR count). The maximum Gasteiger partial charge on any atom is 0.233 e. The fraction of sp³-hybridized carbons (Fsp3) is 0.500. The lowest BCUT2D eigenvalue weighted by molar-refractivity contribution is -0.131. The van der Waals surface area contributed by atoms with Crippen LogP contribution in [0.1, 0.15) is 31.7 Å². The zero-order chi connectivity index (χ0) is 13.9. The van der Waals surface area contributed by atoms with Gasteiger partial charge in [0, 0.05) is 19.0 Å². The molecule has 0 radical (unpaired) electrons. The van der Waals surface area contributed by atoms with Gasteiger partial charge >= 0.3 is 0 Å².